The monoisotopic (exact) mass is 272 g/mol. The second-order valence-electron chi connectivity index (χ2n) is 4.41. The molecule has 0 spiro atoms. The van der Waals surface area contributed by atoms with Crippen LogP contribution in [-0.2, 0) is 16.4 Å². The number of sulfone groups is 1. The number of urea groups is 1. The minimum absolute atomic E-state index is 0.0318. The maximum absolute atomic E-state index is 11.4. The molecule has 2 amide bonds. The summed E-state index contributed by atoms with van der Waals surface area (Å²) >= 11 is 0. The average molecular weight is 272 g/mol. The van der Waals surface area contributed by atoms with Gasteiger partial charge in [-0.1, -0.05) is 0 Å². The summed E-state index contributed by atoms with van der Waals surface area (Å²) in [5.41, 5.74) is 0. The van der Waals surface area contributed by atoms with Gasteiger partial charge in [-0.25, -0.2) is 13.2 Å². The first kappa shape index (κ1) is 12.9. The van der Waals surface area contributed by atoms with Gasteiger partial charge in [0.05, 0.1) is 24.3 Å². The van der Waals surface area contributed by atoms with E-state index in [2.05, 4.69) is 10.6 Å². The zero-order chi connectivity index (χ0) is 13.0. The minimum atomic E-state index is -2.88. The number of hydrogen-bond acceptors (Lipinski definition) is 4. The highest BCUT2D eigenvalue weighted by atomic mass is 32.2. The molecule has 0 bridgehead atoms. The maximum atomic E-state index is 11.4. The Labute approximate surface area is 106 Å². The zero-order valence-electron chi connectivity index (χ0n) is 9.89. The van der Waals surface area contributed by atoms with Crippen molar-refractivity contribution in [1.82, 2.24) is 10.6 Å². The van der Waals surface area contributed by atoms with Gasteiger partial charge in [-0.15, -0.1) is 0 Å². The molecule has 2 rings (SSSR count). The molecule has 1 aliphatic heterocycles. The molecule has 6 nitrogen and oxygen atoms in total. The summed E-state index contributed by atoms with van der Waals surface area (Å²) in [5.74, 6) is 1.11. The fourth-order valence-corrected chi connectivity index (χ4v) is 3.77. The molecule has 0 aliphatic carbocycles. The number of carbonyl (C=O) groups is 1. The Morgan fingerprint density at radius 3 is 2.89 bits per heavy atom. The summed E-state index contributed by atoms with van der Waals surface area (Å²) in [6, 6.07) is 3.21. The average Bonchev–Trinajstić information content (AvgIpc) is 2.93. The molecular weight excluding hydrogens is 256 g/mol. The Morgan fingerprint density at radius 2 is 2.28 bits per heavy atom. The molecule has 2 N–H and O–H groups in total. The van der Waals surface area contributed by atoms with Crippen molar-refractivity contribution in [2.24, 2.45) is 5.92 Å². The molecule has 1 aliphatic rings. The Bertz CT molecular complexity index is 495. The van der Waals surface area contributed by atoms with E-state index in [4.69, 9.17) is 4.42 Å². The SMILES string of the molecule is O=C(NCc1ccco1)NCC1CCS(=O)(=O)C1. The molecule has 0 radical (unpaired) electrons. The van der Waals surface area contributed by atoms with E-state index >= 15 is 0 Å². The molecule has 1 atom stereocenters. The van der Waals surface area contributed by atoms with Crippen LogP contribution in [0, 0.1) is 5.92 Å². The summed E-state index contributed by atoms with van der Waals surface area (Å²) in [4.78, 5) is 11.4. The second kappa shape index (κ2) is 5.43. The first-order chi connectivity index (χ1) is 8.55. The van der Waals surface area contributed by atoms with Crippen LogP contribution >= 0.6 is 0 Å². The molecule has 0 aromatic carbocycles. The van der Waals surface area contributed by atoms with Gasteiger partial charge >= 0.3 is 6.03 Å². The van der Waals surface area contributed by atoms with Gasteiger partial charge in [0.1, 0.15) is 5.76 Å². The predicted molar refractivity (Wildman–Crippen MR) is 65.7 cm³/mol. The van der Waals surface area contributed by atoms with E-state index in [0.29, 0.717) is 25.3 Å². The number of rotatable bonds is 4. The van der Waals surface area contributed by atoms with Gasteiger partial charge in [0.25, 0.3) is 0 Å². The van der Waals surface area contributed by atoms with Crippen LogP contribution < -0.4 is 10.6 Å². The topological polar surface area (TPSA) is 88.4 Å². The van der Waals surface area contributed by atoms with Crippen molar-refractivity contribution >= 4 is 15.9 Å². The fourth-order valence-electron chi connectivity index (χ4n) is 1.91. The number of amides is 2. The lowest BCUT2D eigenvalue weighted by Gasteiger charge is -2.10. The fraction of sp³-hybridized carbons (Fsp3) is 0.545. The van der Waals surface area contributed by atoms with E-state index in [0.717, 1.165) is 0 Å². The molecule has 7 heteroatoms. The minimum Gasteiger partial charge on any atom is -0.467 e. The van der Waals surface area contributed by atoms with E-state index in [1.807, 2.05) is 0 Å². The maximum Gasteiger partial charge on any atom is 0.315 e. The van der Waals surface area contributed by atoms with E-state index in [9.17, 15) is 13.2 Å². The first-order valence-electron chi connectivity index (χ1n) is 5.80. The Morgan fingerprint density at radius 1 is 1.44 bits per heavy atom. The van der Waals surface area contributed by atoms with Crippen molar-refractivity contribution in [3.8, 4) is 0 Å². The summed E-state index contributed by atoms with van der Waals surface area (Å²) < 4.78 is 27.5. The van der Waals surface area contributed by atoms with Crippen LogP contribution in [0.5, 0.6) is 0 Å². The Kier molecular flexibility index (Phi) is 3.90. The third kappa shape index (κ3) is 3.76. The molecule has 1 aromatic heterocycles. The standard InChI is InChI=1S/C11H16N2O4S/c14-11(13-7-10-2-1-4-17-10)12-6-9-3-5-18(15,16)8-9/h1-2,4,9H,3,5-8H2,(H2,12,13,14). The molecule has 1 aromatic rings. The highest BCUT2D eigenvalue weighted by molar-refractivity contribution is 7.91. The number of carbonyl (C=O) groups excluding carboxylic acids is 1. The number of nitrogens with one attached hydrogen (secondary N) is 2. The van der Waals surface area contributed by atoms with Gasteiger partial charge in [-0.05, 0) is 24.5 Å². The summed E-state index contributed by atoms with van der Waals surface area (Å²) in [6.45, 7) is 0.713. The zero-order valence-corrected chi connectivity index (χ0v) is 10.7. The second-order valence-corrected chi connectivity index (χ2v) is 6.64. The molecule has 1 unspecified atom stereocenters. The van der Waals surface area contributed by atoms with Crippen molar-refractivity contribution in [1.29, 1.82) is 0 Å². The van der Waals surface area contributed by atoms with Gasteiger partial charge in [0.2, 0.25) is 0 Å². The molecular formula is C11H16N2O4S. The van der Waals surface area contributed by atoms with Gasteiger partial charge in [-0.2, -0.15) is 0 Å². The van der Waals surface area contributed by atoms with Crippen LogP contribution in [0.15, 0.2) is 22.8 Å². The van der Waals surface area contributed by atoms with Crippen molar-refractivity contribution < 1.29 is 17.6 Å². The normalized spacial score (nSPS) is 21.7. The highest BCUT2D eigenvalue weighted by Crippen LogP contribution is 2.17. The van der Waals surface area contributed by atoms with Gasteiger partial charge in [-0.3, -0.25) is 0 Å². The van der Waals surface area contributed by atoms with E-state index in [1.165, 1.54) is 6.26 Å². The molecule has 1 fully saturated rings. The van der Waals surface area contributed by atoms with Crippen LogP contribution in [0.3, 0.4) is 0 Å². The Hall–Kier alpha value is -1.50. The van der Waals surface area contributed by atoms with Crippen molar-refractivity contribution in [2.75, 3.05) is 18.1 Å². The molecule has 0 saturated carbocycles. The Balaban J connectivity index is 1.66. The van der Waals surface area contributed by atoms with Crippen LogP contribution in [0.2, 0.25) is 0 Å². The van der Waals surface area contributed by atoms with Gasteiger partial charge in [0.15, 0.2) is 9.84 Å². The van der Waals surface area contributed by atoms with E-state index in [1.54, 1.807) is 12.1 Å². The van der Waals surface area contributed by atoms with Crippen LogP contribution in [0.4, 0.5) is 4.79 Å². The van der Waals surface area contributed by atoms with E-state index in [-0.39, 0.29) is 23.5 Å². The third-order valence-electron chi connectivity index (χ3n) is 2.88. The molecule has 100 valence electrons. The number of hydrogen-bond donors (Lipinski definition) is 2. The van der Waals surface area contributed by atoms with Crippen LogP contribution in [0.1, 0.15) is 12.2 Å². The third-order valence-corrected chi connectivity index (χ3v) is 4.72. The molecule has 1 saturated heterocycles. The number of furan rings is 1. The van der Waals surface area contributed by atoms with Crippen LogP contribution in [0.25, 0.3) is 0 Å². The lowest BCUT2D eigenvalue weighted by Crippen LogP contribution is -2.38. The largest absolute Gasteiger partial charge is 0.467 e. The smallest absolute Gasteiger partial charge is 0.315 e. The summed E-state index contributed by atoms with van der Waals surface area (Å²) in [7, 11) is -2.88. The lowest BCUT2D eigenvalue weighted by atomic mass is 10.1. The van der Waals surface area contributed by atoms with Crippen LogP contribution in [-0.4, -0.2) is 32.5 Å². The summed E-state index contributed by atoms with van der Waals surface area (Å²) in [6.07, 6.45) is 2.17. The first-order valence-corrected chi connectivity index (χ1v) is 7.62. The van der Waals surface area contributed by atoms with Gasteiger partial charge in [0, 0.05) is 6.54 Å². The van der Waals surface area contributed by atoms with Gasteiger partial charge < -0.3 is 15.1 Å². The predicted octanol–water partition coefficient (Wildman–Crippen LogP) is 0.514. The quantitative estimate of drug-likeness (QED) is 0.836. The summed E-state index contributed by atoms with van der Waals surface area (Å²) in [5, 5.41) is 5.31. The van der Waals surface area contributed by atoms with E-state index < -0.39 is 9.84 Å². The molecule has 18 heavy (non-hydrogen) atoms. The van der Waals surface area contributed by atoms with Crippen molar-refractivity contribution in [2.45, 2.75) is 13.0 Å². The van der Waals surface area contributed by atoms with Crippen molar-refractivity contribution in [3.63, 3.8) is 0 Å². The highest BCUT2D eigenvalue weighted by Gasteiger charge is 2.27. The van der Waals surface area contributed by atoms with Crippen molar-refractivity contribution in [3.05, 3.63) is 24.2 Å². The lowest BCUT2D eigenvalue weighted by molar-refractivity contribution is 0.238. The molecule has 2 heterocycles.